The Balaban J connectivity index is 2.09. The van der Waals surface area contributed by atoms with Gasteiger partial charge < -0.3 is 5.73 Å². The summed E-state index contributed by atoms with van der Waals surface area (Å²) in [4.78, 5) is 16.5. The minimum absolute atomic E-state index is 0.110. The smallest absolute Gasteiger partial charge is 0.228 e. The number of hydrogen-bond donors (Lipinski definition) is 1. The van der Waals surface area contributed by atoms with Crippen LogP contribution in [0.1, 0.15) is 16.2 Å². The number of pyridine rings is 1. The molecule has 2 heterocycles. The summed E-state index contributed by atoms with van der Waals surface area (Å²) >= 11 is 0. The number of benzene rings is 1. The first-order valence-electron chi connectivity index (χ1n) is 5.58. The number of nitrogens with two attached hydrogens (primary N) is 1. The molecular formula is C14H11N3O. The second-order valence-electron chi connectivity index (χ2n) is 4.03. The quantitative estimate of drug-likeness (QED) is 0.548. The van der Waals surface area contributed by atoms with Crippen LogP contribution >= 0.6 is 0 Å². The molecule has 0 unspecified atom stereocenters. The minimum atomic E-state index is -0.110. The molecule has 0 saturated heterocycles. The topological polar surface area (TPSA) is 60.4 Å². The largest absolute Gasteiger partial charge is 0.399 e. The first kappa shape index (κ1) is 10.5. The number of nitrogen functional groups attached to an aromatic ring is 1. The van der Waals surface area contributed by atoms with Gasteiger partial charge in [0.2, 0.25) is 5.78 Å². The van der Waals surface area contributed by atoms with Crippen LogP contribution in [0.4, 0.5) is 5.69 Å². The van der Waals surface area contributed by atoms with Gasteiger partial charge in [-0.3, -0.25) is 9.20 Å². The number of anilines is 1. The molecule has 0 aliphatic rings. The van der Waals surface area contributed by atoms with E-state index in [4.69, 9.17) is 5.73 Å². The number of nitrogens with zero attached hydrogens (tertiary/aromatic N) is 2. The van der Waals surface area contributed by atoms with E-state index in [0.29, 0.717) is 17.1 Å². The Hall–Kier alpha value is -2.62. The highest BCUT2D eigenvalue weighted by Gasteiger charge is 2.14. The van der Waals surface area contributed by atoms with Crippen LogP contribution in [0, 0.1) is 0 Å². The van der Waals surface area contributed by atoms with Crippen LogP contribution < -0.4 is 5.73 Å². The van der Waals surface area contributed by atoms with Gasteiger partial charge in [-0.05, 0) is 36.4 Å². The van der Waals surface area contributed by atoms with Gasteiger partial charge in [0, 0.05) is 17.4 Å². The zero-order valence-electron chi connectivity index (χ0n) is 9.58. The van der Waals surface area contributed by atoms with E-state index < -0.39 is 0 Å². The van der Waals surface area contributed by atoms with Crippen molar-refractivity contribution in [3.63, 3.8) is 0 Å². The molecule has 0 radical (unpaired) electrons. The molecule has 0 atom stereocenters. The Morgan fingerprint density at radius 1 is 1.11 bits per heavy atom. The molecule has 2 aromatic heterocycles. The van der Waals surface area contributed by atoms with Crippen molar-refractivity contribution in [2.24, 2.45) is 0 Å². The van der Waals surface area contributed by atoms with Gasteiger partial charge in [-0.25, -0.2) is 4.98 Å². The molecular weight excluding hydrogens is 226 g/mol. The second kappa shape index (κ2) is 4.00. The highest BCUT2D eigenvalue weighted by atomic mass is 16.1. The summed E-state index contributed by atoms with van der Waals surface area (Å²) < 4.78 is 1.78. The van der Waals surface area contributed by atoms with E-state index in [-0.39, 0.29) is 5.78 Å². The van der Waals surface area contributed by atoms with Gasteiger partial charge in [0.25, 0.3) is 0 Å². The van der Waals surface area contributed by atoms with Crippen LogP contribution in [-0.2, 0) is 0 Å². The molecule has 3 aromatic rings. The standard InChI is InChI=1S/C14H11N3O/c15-11-6-4-10(5-7-11)13(18)14-16-9-12-3-1-2-8-17(12)14/h1-9H,15H2. The lowest BCUT2D eigenvalue weighted by Crippen LogP contribution is -2.06. The molecule has 0 bridgehead atoms. The molecule has 1 aromatic carbocycles. The van der Waals surface area contributed by atoms with Crippen LogP contribution in [0.2, 0.25) is 0 Å². The molecule has 88 valence electrons. The van der Waals surface area contributed by atoms with Crippen molar-refractivity contribution in [2.75, 3.05) is 5.73 Å². The lowest BCUT2D eigenvalue weighted by molar-refractivity contribution is 0.102. The van der Waals surface area contributed by atoms with Crippen molar-refractivity contribution in [3.8, 4) is 0 Å². The molecule has 0 aliphatic heterocycles. The van der Waals surface area contributed by atoms with Gasteiger partial charge >= 0.3 is 0 Å². The van der Waals surface area contributed by atoms with Crippen LogP contribution in [0.3, 0.4) is 0 Å². The molecule has 0 saturated carbocycles. The average Bonchev–Trinajstić information content (AvgIpc) is 2.82. The van der Waals surface area contributed by atoms with Crippen molar-refractivity contribution in [1.82, 2.24) is 9.38 Å². The fourth-order valence-corrected chi connectivity index (χ4v) is 1.88. The Labute approximate surface area is 104 Å². The third kappa shape index (κ3) is 1.64. The third-order valence-electron chi connectivity index (χ3n) is 2.81. The van der Waals surface area contributed by atoms with Gasteiger partial charge in [-0.15, -0.1) is 0 Å². The fraction of sp³-hybridized carbons (Fsp3) is 0. The normalized spacial score (nSPS) is 10.7. The predicted molar refractivity (Wildman–Crippen MR) is 69.5 cm³/mol. The van der Waals surface area contributed by atoms with E-state index in [0.717, 1.165) is 5.52 Å². The molecule has 4 heteroatoms. The maximum atomic E-state index is 12.3. The maximum Gasteiger partial charge on any atom is 0.228 e. The first-order chi connectivity index (χ1) is 8.75. The number of imidazole rings is 1. The van der Waals surface area contributed by atoms with E-state index in [2.05, 4.69) is 4.98 Å². The lowest BCUT2D eigenvalue weighted by atomic mass is 10.1. The van der Waals surface area contributed by atoms with Crippen molar-refractivity contribution in [1.29, 1.82) is 0 Å². The maximum absolute atomic E-state index is 12.3. The first-order valence-corrected chi connectivity index (χ1v) is 5.58. The fourth-order valence-electron chi connectivity index (χ4n) is 1.88. The monoisotopic (exact) mass is 237 g/mol. The summed E-state index contributed by atoms with van der Waals surface area (Å²) in [7, 11) is 0. The van der Waals surface area contributed by atoms with E-state index in [9.17, 15) is 4.79 Å². The second-order valence-corrected chi connectivity index (χ2v) is 4.03. The molecule has 2 N–H and O–H groups in total. The van der Waals surface area contributed by atoms with Crippen molar-refractivity contribution in [2.45, 2.75) is 0 Å². The van der Waals surface area contributed by atoms with Gasteiger partial charge in [-0.2, -0.15) is 0 Å². The van der Waals surface area contributed by atoms with Crippen LogP contribution in [0.5, 0.6) is 0 Å². The Morgan fingerprint density at radius 2 is 1.89 bits per heavy atom. The third-order valence-corrected chi connectivity index (χ3v) is 2.81. The van der Waals surface area contributed by atoms with Crippen LogP contribution in [-0.4, -0.2) is 15.2 Å². The number of hydrogen-bond acceptors (Lipinski definition) is 3. The summed E-state index contributed by atoms with van der Waals surface area (Å²) in [6, 6.07) is 12.5. The molecule has 18 heavy (non-hydrogen) atoms. The highest BCUT2D eigenvalue weighted by Crippen LogP contribution is 2.13. The molecule has 0 spiro atoms. The number of ketones is 1. The molecule has 0 amide bonds. The molecule has 3 rings (SSSR count). The van der Waals surface area contributed by atoms with E-state index in [1.807, 2.05) is 24.4 Å². The average molecular weight is 237 g/mol. The molecule has 4 nitrogen and oxygen atoms in total. The summed E-state index contributed by atoms with van der Waals surface area (Å²) in [6.07, 6.45) is 3.51. The number of carbonyl (C=O) groups is 1. The highest BCUT2D eigenvalue weighted by molar-refractivity contribution is 6.07. The Bertz CT molecular complexity index is 713. The van der Waals surface area contributed by atoms with E-state index >= 15 is 0 Å². The van der Waals surface area contributed by atoms with E-state index in [1.54, 1.807) is 34.9 Å². The number of fused-ring (bicyclic) bond motifs is 1. The number of carbonyl (C=O) groups excluding carboxylic acids is 1. The summed E-state index contributed by atoms with van der Waals surface area (Å²) in [6.45, 7) is 0. The molecule has 0 aliphatic carbocycles. The zero-order valence-corrected chi connectivity index (χ0v) is 9.58. The predicted octanol–water partition coefficient (Wildman–Crippen LogP) is 2.15. The van der Waals surface area contributed by atoms with Crippen molar-refractivity contribution < 1.29 is 4.79 Å². The number of aromatic nitrogens is 2. The summed E-state index contributed by atoms with van der Waals surface area (Å²) in [5.74, 6) is 0.302. The van der Waals surface area contributed by atoms with Crippen molar-refractivity contribution >= 4 is 17.0 Å². The van der Waals surface area contributed by atoms with Gasteiger partial charge in [0.1, 0.15) is 0 Å². The minimum Gasteiger partial charge on any atom is -0.399 e. The van der Waals surface area contributed by atoms with E-state index in [1.165, 1.54) is 0 Å². The van der Waals surface area contributed by atoms with Gasteiger partial charge in [0.05, 0.1) is 11.7 Å². The van der Waals surface area contributed by atoms with Crippen LogP contribution in [0.25, 0.3) is 5.52 Å². The number of rotatable bonds is 2. The Kier molecular flexibility index (Phi) is 2.34. The van der Waals surface area contributed by atoms with Crippen molar-refractivity contribution in [3.05, 3.63) is 66.2 Å². The zero-order chi connectivity index (χ0) is 12.5. The van der Waals surface area contributed by atoms with Gasteiger partial charge in [0.15, 0.2) is 5.82 Å². The Morgan fingerprint density at radius 3 is 2.67 bits per heavy atom. The molecule has 0 fully saturated rings. The summed E-state index contributed by atoms with van der Waals surface area (Å²) in [5.41, 5.74) is 7.73. The lowest BCUT2D eigenvalue weighted by Gasteiger charge is -2.01. The van der Waals surface area contributed by atoms with Gasteiger partial charge in [-0.1, -0.05) is 6.07 Å². The summed E-state index contributed by atoms with van der Waals surface area (Å²) in [5, 5.41) is 0. The van der Waals surface area contributed by atoms with Crippen LogP contribution in [0.15, 0.2) is 54.9 Å². The SMILES string of the molecule is Nc1ccc(C(=O)c2ncc3ccccn23)cc1.